The van der Waals surface area contributed by atoms with Crippen molar-refractivity contribution in [1.82, 2.24) is 4.98 Å². The lowest BCUT2D eigenvalue weighted by Crippen LogP contribution is -2.32. The van der Waals surface area contributed by atoms with E-state index in [-0.39, 0.29) is 17.4 Å². The number of rotatable bonds is 5. The van der Waals surface area contributed by atoms with Crippen molar-refractivity contribution >= 4 is 11.8 Å². The molecule has 4 nitrogen and oxygen atoms in total. The minimum absolute atomic E-state index is 0.0746. The molecule has 0 spiro atoms. The highest BCUT2D eigenvalue weighted by Gasteiger charge is 2.21. The first kappa shape index (κ1) is 16.5. The zero-order chi connectivity index (χ0) is 15.3. The van der Waals surface area contributed by atoms with Crippen molar-refractivity contribution in [1.29, 1.82) is 0 Å². The summed E-state index contributed by atoms with van der Waals surface area (Å²) in [5.74, 6) is 0.856. The second kappa shape index (κ2) is 6.73. The molecule has 1 aromatic rings. The Morgan fingerprint density at radius 1 is 1.35 bits per heavy atom. The van der Waals surface area contributed by atoms with Gasteiger partial charge in [-0.1, -0.05) is 40.7 Å². The molecule has 0 saturated heterocycles. The number of hydrogen-bond acceptors (Lipinski definition) is 4. The van der Waals surface area contributed by atoms with Gasteiger partial charge in [0.25, 0.3) is 0 Å². The predicted octanol–water partition coefficient (Wildman–Crippen LogP) is 3.38. The molecule has 1 N–H and O–H groups in total. The quantitative estimate of drug-likeness (QED) is 0.839. The van der Waals surface area contributed by atoms with Crippen LogP contribution in [0.3, 0.4) is 0 Å². The van der Waals surface area contributed by atoms with Crippen LogP contribution in [0, 0.1) is 5.92 Å². The summed E-state index contributed by atoms with van der Waals surface area (Å²) < 4.78 is 4.83. The van der Waals surface area contributed by atoms with E-state index in [4.69, 9.17) is 4.74 Å². The predicted molar refractivity (Wildman–Crippen MR) is 81.8 cm³/mol. The molecule has 112 valence electrons. The summed E-state index contributed by atoms with van der Waals surface area (Å²) in [5, 5.41) is 3.15. The minimum Gasteiger partial charge on any atom is -0.467 e. The summed E-state index contributed by atoms with van der Waals surface area (Å²) in [6, 6.07) is 3.60. The van der Waals surface area contributed by atoms with Crippen molar-refractivity contribution < 1.29 is 9.53 Å². The Kier molecular flexibility index (Phi) is 5.54. The Morgan fingerprint density at radius 3 is 2.40 bits per heavy atom. The van der Waals surface area contributed by atoms with Gasteiger partial charge in [0.1, 0.15) is 11.9 Å². The summed E-state index contributed by atoms with van der Waals surface area (Å²) in [6.07, 6.45) is 2.57. The number of methoxy groups -OCH3 is 1. The van der Waals surface area contributed by atoms with Crippen molar-refractivity contribution in [3.05, 3.63) is 23.9 Å². The van der Waals surface area contributed by atoms with E-state index in [2.05, 4.69) is 44.9 Å². The van der Waals surface area contributed by atoms with Gasteiger partial charge < -0.3 is 10.1 Å². The Labute approximate surface area is 121 Å². The van der Waals surface area contributed by atoms with Gasteiger partial charge in [0.05, 0.1) is 7.11 Å². The number of nitrogens with one attached hydrogen (secondary N) is 1. The number of nitrogens with zero attached hydrogens (tertiary/aromatic N) is 1. The van der Waals surface area contributed by atoms with Crippen LogP contribution >= 0.6 is 0 Å². The van der Waals surface area contributed by atoms with Gasteiger partial charge in [-0.15, -0.1) is 0 Å². The highest BCUT2D eigenvalue weighted by molar-refractivity contribution is 5.78. The maximum Gasteiger partial charge on any atom is 0.328 e. The first-order valence-corrected chi connectivity index (χ1v) is 7.05. The standard InChI is InChI=1S/C16H26N2O2/c1-11(2)9-13(15(19)20-6)18-14-8-7-12(10-17-14)16(3,4)5/h7-8,10-11,13H,9H2,1-6H3,(H,17,18). The van der Waals surface area contributed by atoms with Crippen molar-refractivity contribution in [3.63, 3.8) is 0 Å². The van der Waals surface area contributed by atoms with Crippen LogP contribution in [0.1, 0.15) is 46.6 Å². The Balaban J connectivity index is 2.81. The van der Waals surface area contributed by atoms with Crippen LogP contribution < -0.4 is 5.32 Å². The van der Waals surface area contributed by atoms with Crippen molar-refractivity contribution in [2.75, 3.05) is 12.4 Å². The van der Waals surface area contributed by atoms with Gasteiger partial charge in [-0.05, 0) is 29.4 Å². The molecule has 0 amide bonds. The topological polar surface area (TPSA) is 51.2 Å². The molecule has 1 unspecified atom stereocenters. The van der Waals surface area contributed by atoms with E-state index in [0.29, 0.717) is 11.7 Å². The maximum atomic E-state index is 11.8. The SMILES string of the molecule is COC(=O)C(CC(C)C)Nc1ccc(C(C)(C)C)cn1. The lowest BCUT2D eigenvalue weighted by Gasteiger charge is -2.21. The monoisotopic (exact) mass is 278 g/mol. The molecular formula is C16H26N2O2. The highest BCUT2D eigenvalue weighted by Crippen LogP contribution is 2.22. The van der Waals surface area contributed by atoms with Gasteiger partial charge in [0.2, 0.25) is 0 Å². The fraction of sp³-hybridized carbons (Fsp3) is 0.625. The third kappa shape index (κ3) is 4.83. The fourth-order valence-electron chi connectivity index (χ4n) is 1.93. The number of carbonyl (C=O) groups excluding carboxylic acids is 1. The molecule has 0 bridgehead atoms. The van der Waals surface area contributed by atoms with E-state index in [0.717, 1.165) is 6.42 Å². The maximum absolute atomic E-state index is 11.8. The van der Waals surface area contributed by atoms with Crippen LogP contribution in [0.25, 0.3) is 0 Å². The highest BCUT2D eigenvalue weighted by atomic mass is 16.5. The van der Waals surface area contributed by atoms with E-state index in [1.807, 2.05) is 18.3 Å². The van der Waals surface area contributed by atoms with E-state index in [1.54, 1.807) is 0 Å². The smallest absolute Gasteiger partial charge is 0.328 e. The Bertz CT molecular complexity index is 433. The molecule has 0 saturated carbocycles. The van der Waals surface area contributed by atoms with Crippen molar-refractivity contribution in [2.24, 2.45) is 5.92 Å². The first-order valence-electron chi connectivity index (χ1n) is 7.05. The Hall–Kier alpha value is -1.58. The molecule has 0 aliphatic carbocycles. The van der Waals surface area contributed by atoms with Gasteiger partial charge in [0, 0.05) is 6.20 Å². The molecule has 1 rings (SSSR count). The third-order valence-corrected chi connectivity index (χ3v) is 3.14. The molecule has 0 aromatic carbocycles. The van der Waals surface area contributed by atoms with E-state index < -0.39 is 0 Å². The van der Waals surface area contributed by atoms with Gasteiger partial charge >= 0.3 is 5.97 Å². The average Bonchev–Trinajstić information content (AvgIpc) is 2.36. The zero-order valence-corrected chi connectivity index (χ0v) is 13.4. The number of pyridine rings is 1. The van der Waals surface area contributed by atoms with Crippen molar-refractivity contribution in [3.8, 4) is 0 Å². The number of hydrogen-bond donors (Lipinski definition) is 1. The number of ether oxygens (including phenoxy) is 1. The van der Waals surface area contributed by atoms with Gasteiger partial charge in [-0.2, -0.15) is 0 Å². The van der Waals surface area contributed by atoms with Crippen LogP contribution in [-0.4, -0.2) is 24.1 Å². The fourth-order valence-corrected chi connectivity index (χ4v) is 1.93. The number of anilines is 1. The molecule has 0 aliphatic heterocycles. The third-order valence-electron chi connectivity index (χ3n) is 3.14. The van der Waals surface area contributed by atoms with Crippen LogP contribution in [0.5, 0.6) is 0 Å². The summed E-state index contributed by atoms with van der Waals surface area (Å²) in [5.41, 5.74) is 1.24. The first-order chi connectivity index (χ1) is 9.24. The van der Waals surface area contributed by atoms with Crippen LogP contribution in [0.2, 0.25) is 0 Å². The van der Waals surface area contributed by atoms with Gasteiger partial charge in [-0.25, -0.2) is 9.78 Å². The van der Waals surface area contributed by atoms with Crippen LogP contribution in [-0.2, 0) is 14.9 Å². The molecular weight excluding hydrogens is 252 g/mol. The number of esters is 1. The Morgan fingerprint density at radius 2 is 2.00 bits per heavy atom. The number of aromatic nitrogens is 1. The van der Waals surface area contributed by atoms with Crippen molar-refractivity contribution in [2.45, 2.75) is 52.5 Å². The second-order valence-electron chi connectivity index (χ2n) is 6.53. The summed E-state index contributed by atoms with van der Waals surface area (Å²) >= 11 is 0. The molecule has 4 heteroatoms. The lowest BCUT2D eigenvalue weighted by molar-refractivity contribution is -0.141. The molecule has 1 aromatic heterocycles. The summed E-state index contributed by atoms with van der Waals surface area (Å²) in [6.45, 7) is 10.6. The summed E-state index contributed by atoms with van der Waals surface area (Å²) in [7, 11) is 1.41. The van der Waals surface area contributed by atoms with E-state index in [9.17, 15) is 4.79 Å². The van der Waals surface area contributed by atoms with Crippen LogP contribution in [0.4, 0.5) is 5.82 Å². The normalized spacial score (nSPS) is 13.2. The second-order valence-corrected chi connectivity index (χ2v) is 6.53. The van der Waals surface area contributed by atoms with Crippen LogP contribution in [0.15, 0.2) is 18.3 Å². The average molecular weight is 278 g/mol. The minimum atomic E-state index is -0.354. The largest absolute Gasteiger partial charge is 0.467 e. The number of carbonyl (C=O) groups is 1. The van der Waals surface area contributed by atoms with E-state index >= 15 is 0 Å². The summed E-state index contributed by atoms with van der Waals surface area (Å²) in [4.78, 5) is 16.2. The molecule has 1 heterocycles. The zero-order valence-electron chi connectivity index (χ0n) is 13.4. The molecule has 0 radical (unpaired) electrons. The van der Waals surface area contributed by atoms with Gasteiger partial charge in [0.15, 0.2) is 0 Å². The lowest BCUT2D eigenvalue weighted by atomic mass is 9.88. The molecule has 20 heavy (non-hydrogen) atoms. The van der Waals surface area contributed by atoms with Gasteiger partial charge in [-0.3, -0.25) is 0 Å². The molecule has 0 fully saturated rings. The van der Waals surface area contributed by atoms with E-state index in [1.165, 1.54) is 12.7 Å². The molecule has 0 aliphatic rings. The molecule has 1 atom stereocenters.